The highest BCUT2D eigenvalue weighted by Gasteiger charge is 2.26. The van der Waals surface area contributed by atoms with Gasteiger partial charge in [0, 0.05) is 31.9 Å². The number of hydrogen-bond acceptors (Lipinski definition) is 4. The van der Waals surface area contributed by atoms with Gasteiger partial charge in [-0.3, -0.25) is 14.8 Å². The zero-order valence-electron chi connectivity index (χ0n) is 11.8. The maximum absolute atomic E-state index is 8.90. The maximum atomic E-state index is 8.90. The number of likely N-dealkylation sites (N-methyl/N-ethyl adjacent to an activating group) is 1. The second-order valence-corrected chi connectivity index (χ2v) is 5.05. The summed E-state index contributed by atoms with van der Waals surface area (Å²) in [6.45, 7) is 9.79. The van der Waals surface area contributed by atoms with Crippen molar-refractivity contribution in [2.45, 2.75) is 32.9 Å². The maximum Gasteiger partial charge on any atom is 0.0992 e. The van der Waals surface area contributed by atoms with Crippen molar-refractivity contribution in [1.82, 2.24) is 14.8 Å². The Bertz CT molecular complexity index is 448. The lowest BCUT2D eigenvalue weighted by Crippen LogP contribution is -2.37. The molecule has 0 aliphatic carbocycles. The minimum atomic E-state index is 0.675. The molecule has 2 heterocycles. The van der Waals surface area contributed by atoms with E-state index in [0.717, 1.165) is 38.4 Å². The summed E-state index contributed by atoms with van der Waals surface area (Å²) in [7, 11) is 0. The van der Waals surface area contributed by atoms with Crippen molar-refractivity contribution in [1.29, 1.82) is 5.26 Å². The Kier molecular flexibility index (Phi) is 4.89. The van der Waals surface area contributed by atoms with Gasteiger partial charge in [0.25, 0.3) is 0 Å². The van der Waals surface area contributed by atoms with Crippen LogP contribution in [0.25, 0.3) is 0 Å². The van der Waals surface area contributed by atoms with Crippen molar-refractivity contribution in [2.24, 2.45) is 0 Å². The molecule has 1 aliphatic heterocycles. The Labute approximate surface area is 115 Å². The van der Waals surface area contributed by atoms with Crippen molar-refractivity contribution < 1.29 is 0 Å². The van der Waals surface area contributed by atoms with Gasteiger partial charge in [-0.05, 0) is 31.6 Å². The van der Waals surface area contributed by atoms with E-state index >= 15 is 0 Å². The van der Waals surface area contributed by atoms with E-state index in [4.69, 9.17) is 5.26 Å². The fraction of sp³-hybridized carbons (Fsp3) is 0.600. The van der Waals surface area contributed by atoms with Gasteiger partial charge >= 0.3 is 0 Å². The van der Waals surface area contributed by atoms with Crippen LogP contribution < -0.4 is 0 Å². The van der Waals surface area contributed by atoms with Gasteiger partial charge in [0.05, 0.1) is 17.3 Å². The van der Waals surface area contributed by atoms with Gasteiger partial charge < -0.3 is 0 Å². The topological polar surface area (TPSA) is 43.2 Å². The summed E-state index contributed by atoms with van der Waals surface area (Å²) in [6, 6.07) is 6.50. The number of likely N-dealkylation sites (tertiary alicyclic amines) is 1. The first kappa shape index (κ1) is 14.0. The fourth-order valence-electron chi connectivity index (χ4n) is 2.86. The molecule has 4 nitrogen and oxygen atoms in total. The number of aromatic nitrogens is 1. The Morgan fingerprint density at radius 3 is 2.95 bits per heavy atom. The molecule has 19 heavy (non-hydrogen) atoms. The van der Waals surface area contributed by atoms with Crippen LogP contribution in [0.2, 0.25) is 0 Å². The van der Waals surface area contributed by atoms with Crippen LogP contribution >= 0.6 is 0 Å². The number of nitrogens with zero attached hydrogens (tertiary/aromatic N) is 4. The molecule has 1 aromatic rings. The van der Waals surface area contributed by atoms with Crippen LogP contribution in [0.4, 0.5) is 0 Å². The SMILES string of the molecule is CCN(CC)[C@@H]1CCN(Cc2cc(C#N)ccn2)C1. The summed E-state index contributed by atoms with van der Waals surface area (Å²) in [5.74, 6) is 0. The number of rotatable bonds is 5. The Morgan fingerprint density at radius 2 is 2.26 bits per heavy atom. The lowest BCUT2D eigenvalue weighted by atomic mass is 10.2. The molecular formula is C15H22N4. The molecular weight excluding hydrogens is 236 g/mol. The predicted molar refractivity (Wildman–Crippen MR) is 75.6 cm³/mol. The van der Waals surface area contributed by atoms with E-state index in [-0.39, 0.29) is 0 Å². The molecule has 0 radical (unpaired) electrons. The highest BCUT2D eigenvalue weighted by atomic mass is 15.2. The zero-order valence-corrected chi connectivity index (χ0v) is 11.8. The molecule has 1 atom stereocenters. The van der Waals surface area contributed by atoms with E-state index in [9.17, 15) is 0 Å². The van der Waals surface area contributed by atoms with E-state index in [2.05, 4.69) is 34.7 Å². The Hall–Kier alpha value is -1.44. The summed E-state index contributed by atoms with van der Waals surface area (Å²) >= 11 is 0. The molecule has 0 unspecified atom stereocenters. The third-order valence-corrected chi connectivity index (χ3v) is 3.91. The summed E-state index contributed by atoms with van der Waals surface area (Å²) in [6.07, 6.45) is 2.96. The van der Waals surface area contributed by atoms with Crippen molar-refractivity contribution in [3.8, 4) is 6.07 Å². The van der Waals surface area contributed by atoms with Gasteiger partial charge in [0.2, 0.25) is 0 Å². The van der Waals surface area contributed by atoms with E-state index in [1.54, 1.807) is 12.3 Å². The van der Waals surface area contributed by atoms with E-state index < -0.39 is 0 Å². The smallest absolute Gasteiger partial charge is 0.0992 e. The molecule has 1 fully saturated rings. The lowest BCUT2D eigenvalue weighted by Gasteiger charge is -2.26. The number of nitriles is 1. The van der Waals surface area contributed by atoms with Crippen LogP contribution in [0.1, 0.15) is 31.5 Å². The first-order valence-corrected chi connectivity index (χ1v) is 7.08. The monoisotopic (exact) mass is 258 g/mol. The van der Waals surface area contributed by atoms with Crippen LogP contribution in [-0.4, -0.2) is 47.0 Å². The average molecular weight is 258 g/mol. The van der Waals surface area contributed by atoms with Crippen molar-refractivity contribution in [3.05, 3.63) is 29.6 Å². The first-order valence-electron chi connectivity index (χ1n) is 7.08. The second-order valence-electron chi connectivity index (χ2n) is 5.05. The van der Waals surface area contributed by atoms with Gasteiger partial charge in [-0.1, -0.05) is 13.8 Å². The normalized spacial score (nSPS) is 19.8. The van der Waals surface area contributed by atoms with Crippen LogP contribution in [0.5, 0.6) is 0 Å². The Balaban J connectivity index is 1.93. The highest BCUT2D eigenvalue weighted by molar-refractivity contribution is 5.28. The third kappa shape index (κ3) is 3.52. The van der Waals surface area contributed by atoms with Crippen molar-refractivity contribution in [2.75, 3.05) is 26.2 Å². The van der Waals surface area contributed by atoms with Gasteiger partial charge in [-0.25, -0.2) is 0 Å². The fourth-order valence-corrected chi connectivity index (χ4v) is 2.86. The zero-order chi connectivity index (χ0) is 13.7. The molecule has 0 N–H and O–H groups in total. The lowest BCUT2D eigenvalue weighted by molar-refractivity contribution is 0.208. The van der Waals surface area contributed by atoms with E-state index in [1.165, 1.54) is 6.42 Å². The minimum absolute atomic E-state index is 0.675. The third-order valence-electron chi connectivity index (χ3n) is 3.91. The Morgan fingerprint density at radius 1 is 1.47 bits per heavy atom. The molecule has 1 saturated heterocycles. The minimum Gasteiger partial charge on any atom is -0.300 e. The van der Waals surface area contributed by atoms with Gasteiger partial charge in [-0.2, -0.15) is 5.26 Å². The molecule has 0 saturated carbocycles. The molecule has 4 heteroatoms. The molecule has 1 aromatic heterocycles. The first-order chi connectivity index (χ1) is 9.26. The number of hydrogen-bond donors (Lipinski definition) is 0. The second kappa shape index (κ2) is 6.65. The molecule has 0 aromatic carbocycles. The van der Waals surface area contributed by atoms with Gasteiger partial charge in [0.1, 0.15) is 0 Å². The number of pyridine rings is 1. The largest absolute Gasteiger partial charge is 0.300 e. The summed E-state index contributed by atoms with van der Waals surface area (Å²) < 4.78 is 0. The van der Waals surface area contributed by atoms with E-state index in [1.807, 2.05) is 6.07 Å². The molecule has 0 bridgehead atoms. The summed E-state index contributed by atoms with van der Waals surface area (Å²) in [4.78, 5) is 9.32. The molecule has 0 spiro atoms. The summed E-state index contributed by atoms with van der Waals surface area (Å²) in [5.41, 5.74) is 1.70. The van der Waals surface area contributed by atoms with Crippen molar-refractivity contribution in [3.63, 3.8) is 0 Å². The van der Waals surface area contributed by atoms with Crippen LogP contribution in [0.15, 0.2) is 18.3 Å². The molecule has 1 aliphatic rings. The van der Waals surface area contributed by atoms with E-state index in [0.29, 0.717) is 11.6 Å². The standard InChI is InChI=1S/C15H22N4/c1-3-19(4-2)15-6-8-18(12-15)11-14-9-13(10-16)5-7-17-14/h5,7,9,15H,3-4,6,8,11-12H2,1-2H3/t15-/m1/s1. The average Bonchev–Trinajstić information content (AvgIpc) is 2.89. The molecule has 0 amide bonds. The van der Waals surface area contributed by atoms with Gasteiger partial charge in [-0.15, -0.1) is 0 Å². The highest BCUT2D eigenvalue weighted by Crippen LogP contribution is 2.17. The van der Waals surface area contributed by atoms with Crippen LogP contribution in [0, 0.1) is 11.3 Å². The predicted octanol–water partition coefficient (Wildman–Crippen LogP) is 1.87. The van der Waals surface area contributed by atoms with Crippen molar-refractivity contribution >= 4 is 0 Å². The molecule has 2 rings (SSSR count). The van der Waals surface area contributed by atoms with Crippen LogP contribution in [-0.2, 0) is 6.54 Å². The van der Waals surface area contributed by atoms with Gasteiger partial charge in [0.15, 0.2) is 0 Å². The molecule has 102 valence electrons. The quantitative estimate of drug-likeness (QED) is 0.808. The summed E-state index contributed by atoms with van der Waals surface area (Å²) in [5, 5.41) is 8.90. The van der Waals surface area contributed by atoms with Crippen LogP contribution in [0.3, 0.4) is 0 Å².